The number of rotatable bonds is 49. The fraction of sp³-hybridized carbons (Fsp3) is 0.776. The summed E-state index contributed by atoms with van der Waals surface area (Å²) in [4.78, 5) is 38.0. The maximum atomic E-state index is 12.8. The number of hydrogen-bond acceptors (Lipinski definition) is 6. The van der Waals surface area contributed by atoms with Crippen LogP contribution in [0.15, 0.2) is 60.8 Å². The lowest BCUT2D eigenvalue weighted by Gasteiger charge is -2.18. The van der Waals surface area contributed by atoms with Crippen LogP contribution >= 0.6 is 0 Å². The van der Waals surface area contributed by atoms with Crippen molar-refractivity contribution in [3.8, 4) is 0 Å². The molecule has 0 aliphatic carbocycles. The zero-order valence-corrected chi connectivity index (χ0v) is 42.3. The van der Waals surface area contributed by atoms with Gasteiger partial charge in [-0.05, 0) is 83.5 Å². The highest BCUT2D eigenvalue weighted by Gasteiger charge is 2.19. The van der Waals surface area contributed by atoms with E-state index < -0.39 is 6.10 Å². The zero-order chi connectivity index (χ0) is 46.5. The van der Waals surface area contributed by atoms with E-state index in [2.05, 4.69) is 81.5 Å². The van der Waals surface area contributed by atoms with Crippen LogP contribution in [0, 0.1) is 0 Å². The molecule has 0 aromatic carbocycles. The van der Waals surface area contributed by atoms with Gasteiger partial charge in [0.05, 0.1) is 0 Å². The standard InChI is InChI=1S/C58H102O6/c1-4-7-10-13-16-19-22-25-26-27-28-29-30-31-32-34-36-39-42-45-48-51-57(60)63-54-55(53-62-56(59)50-47-44-41-38-35-24-21-18-15-12-9-6-3)64-58(61)52-49-46-43-40-37-33-23-20-17-14-11-8-5-2/h11,14,20,22-23,25,27-28,30-31,55H,4-10,12-13,15-19,21,24,26,29,32-54H2,1-3H3/b14-11-,23-20-,25-22-,28-27-,31-30-. The summed E-state index contributed by atoms with van der Waals surface area (Å²) in [6.07, 6.45) is 64.9. The van der Waals surface area contributed by atoms with Gasteiger partial charge in [0, 0.05) is 19.3 Å². The van der Waals surface area contributed by atoms with Gasteiger partial charge in [0.15, 0.2) is 6.10 Å². The molecule has 0 aliphatic rings. The SMILES string of the molecule is CCC/C=C\C/C=C\CCCCCCCC(=O)OC(COC(=O)CCCCCCCC/C=C\C/C=C\C/C=C\CCCCCCC)COC(=O)CCCCCCCCCCCCCC. The van der Waals surface area contributed by atoms with Gasteiger partial charge < -0.3 is 14.2 Å². The fourth-order valence-corrected chi connectivity index (χ4v) is 7.60. The molecule has 0 heterocycles. The lowest BCUT2D eigenvalue weighted by Crippen LogP contribution is -2.30. The Labute approximate surface area is 396 Å². The molecule has 6 nitrogen and oxygen atoms in total. The van der Waals surface area contributed by atoms with Crippen LogP contribution < -0.4 is 0 Å². The largest absolute Gasteiger partial charge is 0.462 e. The minimum Gasteiger partial charge on any atom is -0.462 e. The van der Waals surface area contributed by atoms with Gasteiger partial charge in [0.1, 0.15) is 13.2 Å². The number of carbonyl (C=O) groups is 3. The first-order chi connectivity index (χ1) is 31.5. The molecule has 0 saturated heterocycles. The second kappa shape index (κ2) is 52.7. The lowest BCUT2D eigenvalue weighted by atomic mass is 10.0. The van der Waals surface area contributed by atoms with E-state index in [1.54, 1.807) is 0 Å². The Bertz CT molecular complexity index is 1170. The van der Waals surface area contributed by atoms with Crippen LogP contribution in [0.5, 0.6) is 0 Å². The van der Waals surface area contributed by atoms with E-state index >= 15 is 0 Å². The molecule has 1 unspecified atom stereocenters. The van der Waals surface area contributed by atoms with Crippen molar-refractivity contribution < 1.29 is 28.6 Å². The number of ether oxygens (including phenoxy) is 3. The van der Waals surface area contributed by atoms with E-state index in [4.69, 9.17) is 14.2 Å². The van der Waals surface area contributed by atoms with Crippen LogP contribution in [0.4, 0.5) is 0 Å². The predicted molar refractivity (Wildman–Crippen MR) is 275 cm³/mol. The van der Waals surface area contributed by atoms with Crippen LogP contribution in [0.1, 0.15) is 271 Å². The molecule has 0 radical (unpaired) electrons. The first-order valence-corrected chi connectivity index (χ1v) is 27.3. The number of unbranched alkanes of at least 4 members (excludes halogenated alkanes) is 28. The summed E-state index contributed by atoms with van der Waals surface area (Å²) >= 11 is 0. The molecule has 0 amide bonds. The number of hydrogen-bond donors (Lipinski definition) is 0. The fourth-order valence-electron chi connectivity index (χ4n) is 7.60. The molecular formula is C58H102O6. The molecule has 0 fully saturated rings. The average molecular weight is 895 g/mol. The predicted octanol–water partition coefficient (Wildman–Crippen LogP) is 18.0. The molecule has 6 heteroatoms. The van der Waals surface area contributed by atoms with Gasteiger partial charge >= 0.3 is 17.9 Å². The highest BCUT2D eigenvalue weighted by molar-refractivity contribution is 5.71. The molecule has 0 aromatic heterocycles. The van der Waals surface area contributed by atoms with Crippen molar-refractivity contribution >= 4 is 17.9 Å². The third-order valence-electron chi connectivity index (χ3n) is 11.7. The van der Waals surface area contributed by atoms with Gasteiger partial charge in [-0.1, -0.05) is 229 Å². The molecule has 0 bridgehead atoms. The highest BCUT2D eigenvalue weighted by atomic mass is 16.6. The molecular weight excluding hydrogens is 793 g/mol. The zero-order valence-electron chi connectivity index (χ0n) is 42.3. The van der Waals surface area contributed by atoms with Crippen LogP contribution in [-0.2, 0) is 28.6 Å². The molecule has 370 valence electrons. The lowest BCUT2D eigenvalue weighted by molar-refractivity contribution is -0.167. The van der Waals surface area contributed by atoms with Crippen molar-refractivity contribution in [2.45, 2.75) is 277 Å². The molecule has 0 rings (SSSR count). The first kappa shape index (κ1) is 61.1. The van der Waals surface area contributed by atoms with Crippen molar-refractivity contribution in [2.75, 3.05) is 13.2 Å². The topological polar surface area (TPSA) is 78.9 Å². The van der Waals surface area contributed by atoms with E-state index in [-0.39, 0.29) is 31.1 Å². The average Bonchev–Trinajstić information content (AvgIpc) is 3.29. The van der Waals surface area contributed by atoms with Crippen LogP contribution in [0.25, 0.3) is 0 Å². The van der Waals surface area contributed by atoms with Crippen molar-refractivity contribution in [3.63, 3.8) is 0 Å². The van der Waals surface area contributed by atoms with E-state index in [1.165, 1.54) is 122 Å². The second-order valence-corrected chi connectivity index (χ2v) is 18.1. The Morgan fingerprint density at radius 3 is 0.938 bits per heavy atom. The normalized spacial score (nSPS) is 12.5. The van der Waals surface area contributed by atoms with Gasteiger partial charge in [-0.25, -0.2) is 0 Å². The van der Waals surface area contributed by atoms with Crippen molar-refractivity contribution in [1.82, 2.24) is 0 Å². The van der Waals surface area contributed by atoms with Crippen LogP contribution in [0.2, 0.25) is 0 Å². The minimum atomic E-state index is -0.784. The maximum absolute atomic E-state index is 12.8. The van der Waals surface area contributed by atoms with E-state index in [0.29, 0.717) is 19.3 Å². The Hall–Kier alpha value is -2.89. The summed E-state index contributed by atoms with van der Waals surface area (Å²) in [5, 5.41) is 0. The Morgan fingerprint density at radius 2 is 0.594 bits per heavy atom. The van der Waals surface area contributed by atoms with Gasteiger partial charge in [0.25, 0.3) is 0 Å². The smallest absolute Gasteiger partial charge is 0.306 e. The van der Waals surface area contributed by atoms with E-state index in [0.717, 1.165) is 109 Å². The third kappa shape index (κ3) is 50.1. The molecule has 0 aliphatic heterocycles. The van der Waals surface area contributed by atoms with Crippen LogP contribution in [0.3, 0.4) is 0 Å². The van der Waals surface area contributed by atoms with Crippen molar-refractivity contribution in [2.24, 2.45) is 0 Å². The summed E-state index contributed by atoms with van der Waals surface area (Å²) in [6, 6.07) is 0. The van der Waals surface area contributed by atoms with Gasteiger partial charge in [-0.3, -0.25) is 14.4 Å². The minimum absolute atomic E-state index is 0.0825. The molecule has 0 spiro atoms. The van der Waals surface area contributed by atoms with Gasteiger partial charge in [-0.15, -0.1) is 0 Å². The Balaban J connectivity index is 4.35. The van der Waals surface area contributed by atoms with Gasteiger partial charge in [0.2, 0.25) is 0 Å². The summed E-state index contributed by atoms with van der Waals surface area (Å²) < 4.78 is 16.8. The van der Waals surface area contributed by atoms with Crippen LogP contribution in [-0.4, -0.2) is 37.2 Å². The number of allylic oxidation sites excluding steroid dienone is 10. The molecule has 0 saturated carbocycles. The number of carbonyl (C=O) groups excluding carboxylic acids is 3. The summed E-state index contributed by atoms with van der Waals surface area (Å²) in [5.41, 5.74) is 0. The quantitative estimate of drug-likeness (QED) is 0.0262. The second-order valence-electron chi connectivity index (χ2n) is 18.1. The third-order valence-corrected chi connectivity index (χ3v) is 11.7. The van der Waals surface area contributed by atoms with Gasteiger partial charge in [-0.2, -0.15) is 0 Å². The maximum Gasteiger partial charge on any atom is 0.306 e. The first-order valence-electron chi connectivity index (χ1n) is 27.3. The van der Waals surface area contributed by atoms with E-state index in [1.807, 2.05) is 0 Å². The summed E-state index contributed by atoms with van der Waals surface area (Å²) in [7, 11) is 0. The molecule has 1 atom stereocenters. The summed E-state index contributed by atoms with van der Waals surface area (Å²) in [6.45, 7) is 6.55. The Kier molecular flexibility index (Phi) is 50.4. The number of esters is 3. The van der Waals surface area contributed by atoms with Crippen molar-refractivity contribution in [3.05, 3.63) is 60.8 Å². The molecule has 64 heavy (non-hydrogen) atoms. The summed E-state index contributed by atoms with van der Waals surface area (Å²) in [5.74, 6) is -0.904. The highest BCUT2D eigenvalue weighted by Crippen LogP contribution is 2.15. The van der Waals surface area contributed by atoms with E-state index in [9.17, 15) is 14.4 Å². The molecule has 0 aromatic rings. The Morgan fingerprint density at radius 1 is 0.312 bits per heavy atom. The monoisotopic (exact) mass is 895 g/mol. The molecule has 0 N–H and O–H groups in total. The van der Waals surface area contributed by atoms with Crippen molar-refractivity contribution in [1.29, 1.82) is 0 Å².